The van der Waals surface area contributed by atoms with E-state index in [2.05, 4.69) is 11.9 Å². The average Bonchev–Trinajstić information content (AvgIpc) is 2.40. The Morgan fingerprint density at radius 1 is 1.45 bits per heavy atom. The summed E-state index contributed by atoms with van der Waals surface area (Å²) >= 11 is 0. The van der Waals surface area contributed by atoms with Crippen LogP contribution in [0.25, 0.3) is 10.9 Å². The summed E-state index contributed by atoms with van der Waals surface area (Å²) in [6, 6.07) is 3.60. The van der Waals surface area contributed by atoms with Crippen LogP contribution in [0.2, 0.25) is 0 Å². The summed E-state index contributed by atoms with van der Waals surface area (Å²) in [4.78, 5) is 16.2. The predicted octanol–water partition coefficient (Wildman–Crippen LogP) is 3.37. The van der Waals surface area contributed by atoms with Crippen molar-refractivity contribution in [3.05, 3.63) is 29.5 Å². The van der Waals surface area contributed by atoms with Gasteiger partial charge in [0.05, 0.1) is 22.9 Å². The van der Waals surface area contributed by atoms with Crippen LogP contribution in [0.1, 0.15) is 43.6 Å². The van der Waals surface area contributed by atoms with Crippen LogP contribution in [0.5, 0.6) is 5.75 Å². The van der Waals surface area contributed by atoms with Gasteiger partial charge in [0.25, 0.3) is 0 Å². The zero-order valence-corrected chi connectivity index (χ0v) is 12.4. The number of Topliss-reactive ketones (excluding diaryl/α,β-unsaturated/α-hetero) is 1. The third kappa shape index (κ3) is 2.46. The second-order valence-corrected chi connectivity index (χ2v) is 5.11. The predicted molar refractivity (Wildman–Crippen MR) is 81.3 cm³/mol. The lowest BCUT2D eigenvalue weighted by molar-refractivity contribution is 0.101. The zero-order valence-electron chi connectivity index (χ0n) is 12.4. The summed E-state index contributed by atoms with van der Waals surface area (Å²) < 4.78 is 5.90. The number of hydrogen-bond donors (Lipinski definition) is 1. The molecule has 0 atom stereocenters. The molecule has 2 N–H and O–H groups in total. The number of anilines is 1. The Kier molecular flexibility index (Phi) is 3.93. The number of carbonyl (C=O) groups is 1. The first kappa shape index (κ1) is 14.3. The largest absolute Gasteiger partial charge is 0.490 e. The van der Waals surface area contributed by atoms with Crippen molar-refractivity contribution in [2.45, 2.75) is 40.2 Å². The first-order valence-electron chi connectivity index (χ1n) is 6.83. The minimum atomic E-state index is -0.0554. The summed E-state index contributed by atoms with van der Waals surface area (Å²) in [5, 5.41) is 0.855. The minimum absolute atomic E-state index is 0.0233. The van der Waals surface area contributed by atoms with Crippen molar-refractivity contribution in [2.75, 3.05) is 5.73 Å². The van der Waals surface area contributed by atoms with E-state index in [1.807, 2.05) is 19.9 Å². The topological polar surface area (TPSA) is 65.2 Å². The highest BCUT2D eigenvalue weighted by molar-refractivity contribution is 6.07. The quantitative estimate of drug-likeness (QED) is 0.684. The van der Waals surface area contributed by atoms with E-state index in [0.717, 1.165) is 17.4 Å². The van der Waals surface area contributed by atoms with Gasteiger partial charge in [-0.25, -0.2) is 0 Å². The molecule has 0 saturated carbocycles. The number of fused-ring (bicyclic) bond motifs is 1. The zero-order chi connectivity index (χ0) is 14.9. The van der Waals surface area contributed by atoms with Crippen molar-refractivity contribution in [3.63, 3.8) is 0 Å². The Bertz CT molecular complexity index is 663. The van der Waals surface area contributed by atoms with Crippen LogP contribution in [0.3, 0.4) is 0 Å². The lowest BCUT2D eigenvalue weighted by Gasteiger charge is -2.18. The van der Waals surface area contributed by atoms with Crippen LogP contribution in [0, 0.1) is 0 Å². The van der Waals surface area contributed by atoms with E-state index >= 15 is 0 Å². The third-order valence-electron chi connectivity index (χ3n) is 3.20. The fourth-order valence-corrected chi connectivity index (χ4v) is 2.31. The Labute approximate surface area is 119 Å². The Hall–Kier alpha value is -2.10. The number of nitrogens with two attached hydrogens (primary N) is 1. The van der Waals surface area contributed by atoms with E-state index < -0.39 is 0 Å². The Morgan fingerprint density at radius 3 is 2.70 bits per heavy atom. The molecule has 1 aromatic carbocycles. The number of aryl methyl sites for hydroxylation is 1. The van der Waals surface area contributed by atoms with Crippen LogP contribution < -0.4 is 10.5 Å². The molecule has 0 bridgehead atoms. The molecule has 0 amide bonds. The molecule has 0 saturated heterocycles. The SMILES string of the molecule is CCc1ccnc2c(N)cc(C(C)=O)c(OC(C)C)c12. The van der Waals surface area contributed by atoms with Gasteiger partial charge in [0.1, 0.15) is 5.75 Å². The standard InChI is InChI=1S/C16H20N2O2/c1-5-11-6-7-18-15-13(17)8-12(10(4)19)16(14(11)15)20-9(2)3/h6-9H,5,17H2,1-4H3. The van der Waals surface area contributed by atoms with Gasteiger partial charge >= 0.3 is 0 Å². The molecule has 0 aliphatic carbocycles. The maximum absolute atomic E-state index is 11.9. The molecule has 106 valence electrons. The number of benzene rings is 1. The lowest BCUT2D eigenvalue weighted by Crippen LogP contribution is -2.11. The second kappa shape index (κ2) is 5.49. The lowest BCUT2D eigenvalue weighted by atomic mass is 9.99. The molecule has 2 rings (SSSR count). The van der Waals surface area contributed by atoms with Crippen LogP contribution in [-0.4, -0.2) is 16.9 Å². The molecule has 1 heterocycles. The third-order valence-corrected chi connectivity index (χ3v) is 3.20. The van der Waals surface area contributed by atoms with E-state index in [1.165, 1.54) is 6.92 Å². The summed E-state index contributed by atoms with van der Waals surface area (Å²) in [6.07, 6.45) is 2.54. The highest BCUT2D eigenvalue weighted by Crippen LogP contribution is 2.36. The van der Waals surface area contributed by atoms with Gasteiger partial charge < -0.3 is 10.5 Å². The summed E-state index contributed by atoms with van der Waals surface area (Å²) in [6.45, 7) is 7.46. The number of aromatic nitrogens is 1. The van der Waals surface area contributed by atoms with Crippen molar-refractivity contribution in [1.29, 1.82) is 0 Å². The van der Waals surface area contributed by atoms with Gasteiger partial charge in [0, 0.05) is 11.6 Å². The van der Waals surface area contributed by atoms with Crippen molar-refractivity contribution in [1.82, 2.24) is 4.98 Å². The molecular weight excluding hydrogens is 252 g/mol. The fraction of sp³-hybridized carbons (Fsp3) is 0.375. The molecule has 0 radical (unpaired) electrons. The maximum atomic E-state index is 11.9. The van der Waals surface area contributed by atoms with Crippen molar-refractivity contribution in [3.8, 4) is 5.75 Å². The smallest absolute Gasteiger partial charge is 0.163 e. The Balaban J connectivity index is 2.90. The van der Waals surface area contributed by atoms with Crippen LogP contribution in [0.15, 0.2) is 18.3 Å². The van der Waals surface area contributed by atoms with E-state index in [-0.39, 0.29) is 11.9 Å². The normalized spacial score (nSPS) is 11.1. The highest BCUT2D eigenvalue weighted by Gasteiger charge is 2.19. The fourth-order valence-electron chi connectivity index (χ4n) is 2.31. The first-order valence-corrected chi connectivity index (χ1v) is 6.83. The molecule has 1 aromatic heterocycles. The molecule has 4 heteroatoms. The van der Waals surface area contributed by atoms with Gasteiger partial charge in [-0.2, -0.15) is 0 Å². The van der Waals surface area contributed by atoms with Gasteiger partial charge in [-0.3, -0.25) is 9.78 Å². The van der Waals surface area contributed by atoms with Crippen molar-refractivity contribution >= 4 is 22.4 Å². The van der Waals surface area contributed by atoms with Crippen LogP contribution in [-0.2, 0) is 6.42 Å². The molecule has 4 nitrogen and oxygen atoms in total. The van der Waals surface area contributed by atoms with Gasteiger partial charge in [-0.05, 0) is 44.9 Å². The molecule has 0 spiro atoms. The number of ether oxygens (including phenoxy) is 1. The summed E-state index contributed by atoms with van der Waals surface area (Å²) in [5.74, 6) is 0.543. The van der Waals surface area contributed by atoms with Gasteiger partial charge in [0.15, 0.2) is 5.78 Å². The van der Waals surface area contributed by atoms with Gasteiger partial charge in [-0.15, -0.1) is 0 Å². The number of carbonyl (C=O) groups excluding carboxylic acids is 1. The number of nitrogens with zero attached hydrogens (tertiary/aromatic N) is 1. The highest BCUT2D eigenvalue weighted by atomic mass is 16.5. The van der Waals surface area contributed by atoms with Gasteiger partial charge in [0.2, 0.25) is 0 Å². The monoisotopic (exact) mass is 272 g/mol. The van der Waals surface area contributed by atoms with Crippen LogP contribution in [0.4, 0.5) is 5.69 Å². The number of rotatable bonds is 4. The number of pyridine rings is 1. The molecular formula is C16H20N2O2. The van der Waals surface area contributed by atoms with E-state index in [0.29, 0.717) is 22.5 Å². The molecule has 2 aromatic rings. The van der Waals surface area contributed by atoms with Crippen LogP contribution >= 0.6 is 0 Å². The molecule has 0 aliphatic rings. The number of hydrogen-bond acceptors (Lipinski definition) is 4. The summed E-state index contributed by atoms with van der Waals surface area (Å²) in [7, 11) is 0. The molecule has 0 unspecified atom stereocenters. The molecule has 20 heavy (non-hydrogen) atoms. The summed E-state index contributed by atoms with van der Waals surface area (Å²) in [5.41, 5.74) is 8.86. The van der Waals surface area contributed by atoms with E-state index in [4.69, 9.17) is 10.5 Å². The average molecular weight is 272 g/mol. The molecule has 0 aliphatic heterocycles. The minimum Gasteiger partial charge on any atom is -0.490 e. The van der Waals surface area contributed by atoms with Crippen molar-refractivity contribution < 1.29 is 9.53 Å². The van der Waals surface area contributed by atoms with E-state index in [1.54, 1.807) is 12.3 Å². The maximum Gasteiger partial charge on any atom is 0.163 e. The first-order chi connectivity index (χ1) is 9.45. The van der Waals surface area contributed by atoms with Crippen molar-refractivity contribution in [2.24, 2.45) is 0 Å². The molecule has 0 fully saturated rings. The number of nitrogen functional groups attached to an aromatic ring is 1. The van der Waals surface area contributed by atoms with E-state index in [9.17, 15) is 4.79 Å². The van der Waals surface area contributed by atoms with Gasteiger partial charge in [-0.1, -0.05) is 6.92 Å². The Morgan fingerprint density at radius 2 is 2.15 bits per heavy atom. The number of ketones is 1. The second-order valence-electron chi connectivity index (χ2n) is 5.11.